The number of imidazole rings is 2. The van der Waals surface area contributed by atoms with E-state index in [1.807, 2.05) is 18.2 Å². The Kier molecular flexibility index (Phi) is 2.71. The van der Waals surface area contributed by atoms with Crippen molar-refractivity contribution in [3.63, 3.8) is 0 Å². The molecule has 4 aromatic carbocycles. The molecular weight excluding hydrogens is 358 g/mol. The first kappa shape index (κ1) is 14.9. The van der Waals surface area contributed by atoms with Crippen LogP contribution >= 0.6 is 0 Å². The van der Waals surface area contributed by atoms with Crippen LogP contribution in [0.2, 0.25) is 0 Å². The van der Waals surface area contributed by atoms with Crippen LogP contribution < -0.4 is 0 Å². The molecule has 136 valence electrons. The molecule has 0 N–H and O–H groups in total. The summed E-state index contributed by atoms with van der Waals surface area (Å²) in [6.45, 7) is 0. The Hall–Kier alpha value is -4.05. The van der Waals surface area contributed by atoms with Crippen molar-refractivity contribution in [2.45, 2.75) is 0 Å². The maximum Gasteiger partial charge on any atom is 0.220 e. The number of para-hydroxylation sites is 6. The molecule has 3 aromatic heterocycles. The molecule has 7 rings (SSSR count). The third kappa shape index (κ3) is 1.85. The second-order valence-corrected chi connectivity index (χ2v) is 7.31. The van der Waals surface area contributed by atoms with Gasteiger partial charge >= 0.3 is 0 Å². The Labute approximate surface area is 165 Å². The summed E-state index contributed by atoms with van der Waals surface area (Å²) in [7, 11) is 0. The zero-order chi connectivity index (χ0) is 18.9. The number of aromatic nitrogens is 3. The van der Waals surface area contributed by atoms with Crippen molar-refractivity contribution in [3.8, 4) is 5.69 Å². The first-order valence-corrected chi connectivity index (χ1v) is 9.67. The van der Waals surface area contributed by atoms with Crippen molar-refractivity contribution in [2.24, 2.45) is 0 Å². The first-order chi connectivity index (χ1) is 14.4. The number of fused-ring (bicyclic) bond motifs is 8. The van der Waals surface area contributed by atoms with Crippen LogP contribution in [-0.2, 0) is 0 Å². The van der Waals surface area contributed by atoms with Crippen LogP contribution in [0.15, 0.2) is 95.4 Å². The van der Waals surface area contributed by atoms with Gasteiger partial charge in [-0.1, -0.05) is 54.6 Å². The quantitative estimate of drug-likeness (QED) is 0.337. The molecule has 0 saturated carbocycles. The fraction of sp³-hybridized carbons (Fsp3) is 0. The monoisotopic (exact) mass is 373 g/mol. The smallest absolute Gasteiger partial charge is 0.220 e. The molecule has 0 aliphatic heterocycles. The van der Waals surface area contributed by atoms with Gasteiger partial charge in [0.05, 0.1) is 27.8 Å². The molecule has 0 bridgehead atoms. The van der Waals surface area contributed by atoms with Crippen molar-refractivity contribution < 1.29 is 4.42 Å². The maximum atomic E-state index is 6.32. The zero-order valence-electron chi connectivity index (χ0n) is 15.4. The fourth-order valence-electron chi connectivity index (χ4n) is 4.50. The lowest BCUT2D eigenvalue weighted by molar-refractivity contribution is 0.666. The lowest BCUT2D eigenvalue weighted by Gasteiger charge is -2.05. The average molecular weight is 373 g/mol. The number of hydrogen-bond acceptors (Lipinski definition) is 2. The first-order valence-electron chi connectivity index (χ1n) is 9.67. The molecule has 0 atom stereocenters. The Bertz CT molecular complexity index is 1710. The van der Waals surface area contributed by atoms with Gasteiger partial charge in [0.15, 0.2) is 5.58 Å². The van der Waals surface area contributed by atoms with E-state index in [1.165, 1.54) is 0 Å². The third-order valence-corrected chi connectivity index (χ3v) is 5.73. The lowest BCUT2D eigenvalue weighted by atomic mass is 10.1. The molecule has 4 heteroatoms. The summed E-state index contributed by atoms with van der Waals surface area (Å²) in [6, 6.07) is 31.2. The highest BCUT2D eigenvalue weighted by Crippen LogP contribution is 2.36. The molecule has 0 aliphatic rings. The molecule has 0 fully saturated rings. The van der Waals surface area contributed by atoms with E-state index in [2.05, 4.69) is 81.8 Å². The molecule has 7 aromatic rings. The highest BCUT2D eigenvalue weighted by Gasteiger charge is 2.19. The van der Waals surface area contributed by atoms with E-state index in [1.54, 1.807) is 0 Å². The van der Waals surface area contributed by atoms with Crippen LogP contribution in [0.3, 0.4) is 0 Å². The van der Waals surface area contributed by atoms with E-state index in [4.69, 9.17) is 9.40 Å². The van der Waals surface area contributed by atoms with Crippen molar-refractivity contribution in [1.29, 1.82) is 0 Å². The summed E-state index contributed by atoms with van der Waals surface area (Å²) >= 11 is 0. The Morgan fingerprint density at radius 2 is 1.34 bits per heavy atom. The standard InChI is InChI=1S/C25H15N3O/c1-6-15-23-16(8-1)17-9-7-14-22(24(17)29-23)28-21-13-5-4-12-20(21)27-19-11-3-2-10-18(19)26-25(27)28/h1-15H. The lowest BCUT2D eigenvalue weighted by Crippen LogP contribution is -1.95. The van der Waals surface area contributed by atoms with Crippen LogP contribution in [0.1, 0.15) is 0 Å². The number of rotatable bonds is 1. The molecule has 4 nitrogen and oxygen atoms in total. The van der Waals surface area contributed by atoms with Crippen molar-refractivity contribution in [1.82, 2.24) is 14.0 Å². The van der Waals surface area contributed by atoms with Gasteiger partial charge in [-0.25, -0.2) is 4.98 Å². The van der Waals surface area contributed by atoms with E-state index in [0.29, 0.717) is 0 Å². The summed E-state index contributed by atoms with van der Waals surface area (Å²) in [4.78, 5) is 4.97. The highest BCUT2D eigenvalue weighted by atomic mass is 16.3. The molecule has 0 spiro atoms. The predicted octanol–water partition coefficient (Wildman–Crippen LogP) is 6.33. The molecule has 29 heavy (non-hydrogen) atoms. The van der Waals surface area contributed by atoms with Gasteiger partial charge in [0, 0.05) is 10.8 Å². The highest BCUT2D eigenvalue weighted by molar-refractivity contribution is 6.08. The summed E-state index contributed by atoms with van der Waals surface area (Å²) in [5.41, 5.74) is 7.10. The van der Waals surface area contributed by atoms with Gasteiger partial charge < -0.3 is 4.42 Å². The minimum Gasteiger partial charge on any atom is -0.454 e. The summed E-state index contributed by atoms with van der Waals surface area (Å²) in [5, 5.41) is 2.25. The largest absolute Gasteiger partial charge is 0.454 e. The van der Waals surface area contributed by atoms with Crippen LogP contribution in [-0.4, -0.2) is 14.0 Å². The van der Waals surface area contributed by atoms with Gasteiger partial charge in [0.2, 0.25) is 5.78 Å². The van der Waals surface area contributed by atoms with Crippen LogP contribution in [0, 0.1) is 0 Å². The fourth-order valence-corrected chi connectivity index (χ4v) is 4.50. The Balaban J connectivity index is 1.72. The van der Waals surface area contributed by atoms with Gasteiger partial charge in [-0.05, 0) is 36.4 Å². The molecule has 3 heterocycles. The van der Waals surface area contributed by atoms with Crippen LogP contribution in [0.25, 0.3) is 55.5 Å². The van der Waals surface area contributed by atoms with Crippen molar-refractivity contribution >= 4 is 49.8 Å². The molecule has 0 unspecified atom stereocenters. The summed E-state index contributed by atoms with van der Waals surface area (Å²) in [6.07, 6.45) is 0. The average Bonchev–Trinajstić information content (AvgIpc) is 3.42. The number of nitrogens with zero attached hydrogens (tertiary/aromatic N) is 3. The minimum absolute atomic E-state index is 0.879. The van der Waals surface area contributed by atoms with Gasteiger partial charge in [0.1, 0.15) is 5.58 Å². The van der Waals surface area contributed by atoms with Crippen molar-refractivity contribution in [2.75, 3.05) is 0 Å². The van der Waals surface area contributed by atoms with Crippen molar-refractivity contribution in [3.05, 3.63) is 91.0 Å². The summed E-state index contributed by atoms with van der Waals surface area (Å²) < 4.78 is 10.8. The third-order valence-electron chi connectivity index (χ3n) is 5.73. The molecule has 0 radical (unpaired) electrons. The minimum atomic E-state index is 0.879. The maximum absolute atomic E-state index is 6.32. The van der Waals surface area contributed by atoms with Gasteiger partial charge in [-0.2, -0.15) is 0 Å². The summed E-state index contributed by atoms with van der Waals surface area (Å²) in [5.74, 6) is 0.889. The van der Waals surface area contributed by atoms with E-state index in [9.17, 15) is 0 Å². The number of furan rings is 1. The van der Waals surface area contributed by atoms with Gasteiger partial charge in [0.25, 0.3) is 0 Å². The normalized spacial score (nSPS) is 12.1. The van der Waals surface area contributed by atoms with E-state index >= 15 is 0 Å². The molecule has 0 saturated heterocycles. The van der Waals surface area contributed by atoms with Gasteiger partial charge in [-0.3, -0.25) is 8.97 Å². The Morgan fingerprint density at radius 1 is 0.621 bits per heavy atom. The molecule has 0 aliphatic carbocycles. The van der Waals surface area contributed by atoms with Gasteiger partial charge in [-0.15, -0.1) is 0 Å². The SMILES string of the molecule is c1ccc2c(c1)nc1n(-c3cccc4c3oc3ccccc34)c3ccccc3n21. The second-order valence-electron chi connectivity index (χ2n) is 7.31. The van der Waals surface area contributed by atoms with E-state index < -0.39 is 0 Å². The number of hydrogen-bond donors (Lipinski definition) is 0. The van der Waals surface area contributed by atoms with E-state index in [0.717, 1.165) is 55.5 Å². The number of benzene rings is 4. The van der Waals surface area contributed by atoms with Crippen LogP contribution in [0.4, 0.5) is 0 Å². The van der Waals surface area contributed by atoms with E-state index in [-0.39, 0.29) is 0 Å². The Morgan fingerprint density at radius 3 is 2.28 bits per heavy atom. The zero-order valence-corrected chi connectivity index (χ0v) is 15.4. The molecule has 0 amide bonds. The van der Waals surface area contributed by atoms with Crippen LogP contribution in [0.5, 0.6) is 0 Å². The second kappa shape index (κ2) is 5.26. The predicted molar refractivity (Wildman–Crippen MR) is 117 cm³/mol. The molecular formula is C25H15N3O. The topological polar surface area (TPSA) is 35.4 Å².